The smallest absolute Gasteiger partial charge is 0.0514 e. The third kappa shape index (κ3) is 6.66. The molecule has 0 saturated carbocycles. The van der Waals surface area contributed by atoms with Crippen LogP contribution in [0.4, 0.5) is 0 Å². The van der Waals surface area contributed by atoms with Gasteiger partial charge in [0.05, 0.1) is 6.10 Å². The van der Waals surface area contributed by atoms with Crippen molar-refractivity contribution in [1.29, 1.82) is 0 Å². The molecule has 0 spiro atoms. The maximum Gasteiger partial charge on any atom is 0.0514 e. The first kappa shape index (κ1) is 12.0. The van der Waals surface area contributed by atoms with E-state index in [0.717, 1.165) is 12.3 Å². The minimum atomic E-state index is -0.131. The van der Waals surface area contributed by atoms with Crippen LogP contribution in [-0.4, -0.2) is 11.2 Å². The minimum Gasteiger partial charge on any atom is -0.393 e. The predicted octanol–water partition coefficient (Wildman–Crippen LogP) is 3.22. The Hall–Kier alpha value is -0.0400. The van der Waals surface area contributed by atoms with Crippen LogP contribution in [-0.2, 0) is 0 Å². The highest BCUT2D eigenvalue weighted by molar-refractivity contribution is 4.61. The minimum absolute atomic E-state index is 0.131. The highest BCUT2D eigenvalue weighted by atomic mass is 16.3. The van der Waals surface area contributed by atoms with Crippen LogP contribution in [0.1, 0.15) is 53.4 Å². The van der Waals surface area contributed by atoms with Crippen LogP contribution >= 0.6 is 0 Å². The lowest BCUT2D eigenvalue weighted by molar-refractivity contribution is 0.156. The van der Waals surface area contributed by atoms with E-state index >= 15 is 0 Å². The van der Waals surface area contributed by atoms with Crippen molar-refractivity contribution < 1.29 is 5.11 Å². The summed E-state index contributed by atoms with van der Waals surface area (Å²) in [5.41, 5.74) is 0. The fraction of sp³-hybridized carbons (Fsp3) is 1.00. The summed E-state index contributed by atoms with van der Waals surface area (Å²) in [5.74, 6) is 1.50. The first-order valence-corrected chi connectivity index (χ1v) is 5.24. The molecule has 0 saturated heterocycles. The van der Waals surface area contributed by atoms with Crippen LogP contribution in [0.15, 0.2) is 0 Å². The molecular weight excluding hydrogens is 148 g/mol. The molecule has 0 rings (SSSR count). The Kier molecular flexibility index (Phi) is 6.45. The van der Waals surface area contributed by atoms with E-state index in [-0.39, 0.29) is 6.10 Å². The molecule has 0 aliphatic carbocycles. The Morgan fingerprint density at radius 2 is 1.58 bits per heavy atom. The summed E-state index contributed by atoms with van der Waals surface area (Å²) >= 11 is 0. The average molecular weight is 172 g/mol. The first-order valence-electron chi connectivity index (χ1n) is 5.24. The van der Waals surface area contributed by atoms with Crippen molar-refractivity contribution in [3.05, 3.63) is 0 Å². The summed E-state index contributed by atoms with van der Waals surface area (Å²) in [6.07, 6.45) is 4.69. The second kappa shape index (κ2) is 6.47. The topological polar surface area (TPSA) is 20.2 Å². The maximum atomic E-state index is 9.17. The van der Waals surface area contributed by atoms with Gasteiger partial charge in [0.15, 0.2) is 0 Å². The van der Waals surface area contributed by atoms with Crippen molar-refractivity contribution in [3.63, 3.8) is 0 Å². The van der Waals surface area contributed by atoms with Gasteiger partial charge in [-0.15, -0.1) is 0 Å². The molecule has 0 radical (unpaired) electrons. The van der Waals surface area contributed by atoms with Crippen LogP contribution in [0.5, 0.6) is 0 Å². The van der Waals surface area contributed by atoms with Crippen LogP contribution in [0.25, 0.3) is 0 Å². The largest absolute Gasteiger partial charge is 0.393 e. The van der Waals surface area contributed by atoms with Gasteiger partial charge in [0.1, 0.15) is 0 Å². The average Bonchev–Trinajstić information content (AvgIpc) is 1.84. The zero-order valence-electron chi connectivity index (χ0n) is 9.01. The fourth-order valence-corrected chi connectivity index (χ4v) is 1.98. The molecule has 0 fully saturated rings. The number of hydrogen-bond acceptors (Lipinski definition) is 1. The number of aliphatic hydroxyl groups is 1. The van der Waals surface area contributed by atoms with Crippen LogP contribution in [0.2, 0.25) is 0 Å². The van der Waals surface area contributed by atoms with Gasteiger partial charge in [-0.1, -0.05) is 33.6 Å². The van der Waals surface area contributed by atoms with Gasteiger partial charge >= 0.3 is 0 Å². The molecular formula is C11H24O. The normalized spacial score (nSPS) is 18.8. The van der Waals surface area contributed by atoms with Gasteiger partial charge < -0.3 is 5.11 Å². The zero-order valence-corrected chi connectivity index (χ0v) is 9.01. The van der Waals surface area contributed by atoms with Crippen molar-refractivity contribution in [2.24, 2.45) is 11.8 Å². The molecule has 0 aromatic heterocycles. The van der Waals surface area contributed by atoms with E-state index in [2.05, 4.69) is 20.8 Å². The Bertz CT molecular complexity index is 99.2. The van der Waals surface area contributed by atoms with Crippen molar-refractivity contribution in [3.8, 4) is 0 Å². The molecule has 0 aliphatic rings. The third-order valence-corrected chi connectivity index (χ3v) is 2.33. The van der Waals surface area contributed by atoms with Crippen molar-refractivity contribution >= 4 is 0 Å². The molecule has 74 valence electrons. The van der Waals surface area contributed by atoms with E-state index in [9.17, 15) is 0 Å². The second-order valence-electron chi connectivity index (χ2n) is 4.32. The van der Waals surface area contributed by atoms with Crippen molar-refractivity contribution in [1.82, 2.24) is 0 Å². The maximum absolute atomic E-state index is 9.17. The van der Waals surface area contributed by atoms with Gasteiger partial charge in [-0.2, -0.15) is 0 Å². The summed E-state index contributed by atoms with van der Waals surface area (Å²) in [5, 5.41) is 9.17. The van der Waals surface area contributed by atoms with Gasteiger partial charge in [-0.3, -0.25) is 0 Å². The summed E-state index contributed by atoms with van der Waals surface area (Å²) in [7, 11) is 0. The highest BCUT2D eigenvalue weighted by Crippen LogP contribution is 2.19. The molecule has 0 aromatic rings. The standard InChI is InChI=1S/C11H24O/c1-5-6-9(2)7-10(3)8-11(4)12/h9-12H,5-8H2,1-4H3/t9-,10-,11-/m0/s1. The Morgan fingerprint density at radius 3 is 2.00 bits per heavy atom. The van der Waals surface area contributed by atoms with E-state index in [1.54, 1.807) is 0 Å². The Labute approximate surface area is 77.2 Å². The van der Waals surface area contributed by atoms with E-state index in [4.69, 9.17) is 5.11 Å². The Morgan fingerprint density at radius 1 is 1.00 bits per heavy atom. The highest BCUT2D eigenvalue weighted by Gasteiger charge is 2.09. The van der Waals surface area contributed by atoms with E-state index in [0.29, 0.717) is 5.92 Å². The lowest BCUT2D eigenvalue weighted by Gasteiger charge is -2.17. The number of rotatable bonds is 6. The predicted molar refractivity (Wildman–Crippen MR) is 54.2 cm³/mol. The quantitative estimate of drug-likeness (QED) is 0.652. The molecule has 12 heavy (non-hydrogen) atoms. The molecule has 1 heteroatoms. The molecule has 0 amide bonds. The molecule has 0 aromatic carbocycles. The fourth-order valence-electron chi connectivity index (χ4n) is 1.98. The van der Waals surface area contributed by atoms with Gasteiger partial charge in [-0.05, 0) is 31.6 Å². The van der Waals surface area contributed by atoms with Crippen molar-refractivity contribution in [2.75, 3.05) is 0 Å². The molecule has 0 heterocycles. The van der Waals surface area contributed by atoms with Crippen molar-refractivity contribution in [2.45, 2.75) is 59.5 Å². The zero-order chi connectivity index (χ0) is 9.56. The summed E-state index contributed by atoms with van der Waals surface area (Å²) in [6, 6.07) is 0. The SMILES string of the molecule is CCC[C@H](C)C[C@H](C)C[C@H](C)O. The summed E-state index contributed by atoms with van der Waals surface area (Å²) in [4.78, 5) is 0. The molecule has 3 atom stereocenters. The van der Waals surface area contributed by atoms with Gasteiger partial charge in [0.25, 0.3) is 0 Å². The number of hydrogen-bond donors (Lipinski definition) is 1. The molecule has 0 bridgehead atoms. The number of aliphatic hydroxyl groups excluding tert-OH is 1. The first-order chi connectivity index (χ1) is 5.56. The van der Waals surface area contributed by atoms with Crippen LogP contribution in [0, 0.1) is 11.8 Å². The van der Waals surface area contributed by atoms with Crippen LogP contribution in [0.3, 0.4) is 0 Å². The Balaban J connectivity index is 3.46. The third-order valence-electron chi connectivity index (χ3n) is 2.33. The second-order valence-corrected chi connectivity index (χ2v) is 4.32. The van der Waals surface area contributed by atoms with Gasteiger partial charge in [0.2, 0.25) is 0 Å². The lowest BCUT2D eigenvalue weighted by atomic mass is 9.90. The lowest BCUT2D eigenvalue weighted by Crippen LogP contribution is -2.10. The van der Waals surface area contributed by atoms with Gasteiger partial charge in [-0.25, -0.2) is 0 Å². The molecule has 0 aliphatic heterocycles. The van der Waals surface area contributed by atoms with Gasteiger partial charge in [0, 0.05) is 0 Å². The monoisotopic (exact) mass is 172 g/mol. The summed E-state index contributed by atoms with van der Waals surface area (Å²) in [6.45, 7) is 8.65. The molecule has 1 nitrogen and oxygen atoms in total. The summed E-state index contributed by atoms with van der Waals surface area (Å²) < 4.78 is 0. The molecule has 1 N–H and O–H groups in total. The van der Waals surface area contributed by atoms with E-state index < -0.39 is 0 Å². The van der Waals surface area contributed by atoms with Crippen LogP contribution < -0.4 is 0 Å². The van der Waals surface area contributed by atoms with E-state index in [1.165, 1.54) is 19.3 Å². The van der Waals surface area contributed by atoms with E-state index in [1.807, 2.05) is 6.92 Å². The molecule has 0 unspecified atom stereocenters.